The van der Waals surface area contributed by atoms with E-state index in [9.17, 15) is 5.26 Å². The maximum absolute atomic E-state index is 9.18. The van der Waals surface area contributed by atoms with Crippen molar-refractivity contribution in [2.45, 2.75) is 37.1 Å². The van der Waals surface area contributed by atoms with E-state index in [2.05, 4.69) is 23.3 Å². The second kappa shape index (κ2) is 7.31. The Morgan fingerprint density at radius 1 is 1.47 bits per heavy atom. The molecule has 1 atom stereocenters. The molecule has 0 aliphatic heterocycles. The Kier molecular flexibility index (Phi) is 6.03. The van der Waals surface area contributed by atoms with E-state index in [1.165, 1.54) is 4.90 Å². The Bertz CT molecular complexity index is 361. The molecule has 1 aromatic heterocycles. The fourth-order valence-electron chi connectivity index (χ4n) is 1.39. The van der Waals surface area contributed by atoms with E-state index in [-0.39, 0.29) is 0 Å². The molecular weight excluding hydrogens is 230 g/mol. The van der Waals surface area contributed by atoms with Crippen LogP contribution in [0.2, 0.25) is 0 Å². The van der Waals surface area contributed by atoms with Gasteiger partial charge in [0.1, 0.15) is 5.54 Å². The maximum Gasteiger partial charge on any atom is 0.104 e. The smallest absolute Gasteiger partial charge is 0.104 e. The highest BCUT2D eigenvalue weighted by Gasteiger charge is 2.21. The molecule has 4 heteroatoms. The van der Waals surface area contributed by atoms with Gasteiger partial charge in [0.05, 0.1) is 6.07 Å². The van der Waals surface area contributed by atoms with Crippen LogP contribution in [0.3, 0.4) is 0 Å². The molecule has 1 unspecified atom stereocenters. The molecule has 1 N–H and O–H groups in total. The third-order valence-corrected chi connectivity index (χ3v) is 3.55. The molecule has 0 fully saturated rings. The first-order chi connectivity index (χ1) is 8.20. The fraction of sp³-hybridized carbons (Fsp3) is 0.538. The minimum absolute atomic E-state index is 0.407. The highest BCUT2D eigenvalue weighted by molar-refractivity contribution is 7.99. The fourth-order valence-corrected chi connectivity index (χ4v) is 2.45. The molecule has 0 saturated carbocycles. The lowest BCUT2D eigenvalue weighted by molar-refractivity contribution is 0.437. The number of thioether (sulfide) groups is 1. The van der Waals surface area contributed by atoms with Crippen molar-refractivity contribution in [3.8, 4) is 6.07 Å². The number of hydrogen-bond donors (Lipinski definition) is 1. The van der Waals surface area contributed by atoms with Gasteiger partial charge in [0.2, 0.25) is 0 Å². The number of nitrogens with one attached hydrogen (secondary N) is 1. The molecule has 0 aliphatic rings. The van der Waals surface area contributed by atoms with Crippen molar-refractivity contribution in [2.24, 2.45) is 0 Å². The summed E-state index contributed by atoms with van der Waals surface area (Å²) in [4.78, 5) is 5.19. The molecule has 0 saturated heterocycles. The van der Waals surface area contributed by atoms with Crippen LogP contribution in [0.1, 0.15) is 26.7 Å². The molecule has 0 aliphatic carbocycles. The van der Waals surface area contributed by atoms with Gasteiger partial charge < -0.3 is 0 Å². The van der Waals surface area contributed by atoms with E-state index in [1.807, 2.05) is 19.1 Å². The Balaban J connectivity index is 2.36. The van der Waals surface area contributed by atoms with Crippen LogP contribution >= 0.6 is 11.8 Å². The van der Waals surface area contributed by atoms with E-state index in [0.717, 1.165) is 25.1 Å². The van der Waals surface area contributed by atoms with Crippen molar-refractivity contribution in [1.82, 2.24) is 10.3 Å². The molecule has 0 bridgehead atoms. The van der Waals surface area contributed by atoms with E-state index in [0.29, 0.717) is 0 Å². The first kappa shape index (κ1) is 14.0. The second-order valence-corrected chi connectivity index (χ2v) is 5.32. The molecule has 0 spiro atoms. The van der Waals surface area contributed by atoms with Crippen molar-refractivity contribution < 1.29 is 0 Å². The van der Waals surface area contributed by atoms with Gasteiger partial charge in [-0.15, -0.1) is 11.8 Å². The zero-order chi connectivity index (χ0) is 12.6. The van der Waals surface area contributed by atoms with Crippen LogP contribution in [0.15, 0.2) is 29.4 Å². The maximum atomic E-state index is 9.18. The number of nitrogens with zero attached hydrogens (tertiary/aromatic N) is 2. The lowest BCUT2D eigenvalue weighted by Gasteiger charge is -2.22. The van der Waals surface area contributed by atoms with Gasteiger partial charge in [0.25, 0.3) is 0 Å². The summed E-state index contributed by atoms with van der Waals surface area (Å²) < 4.78 is 0. The standard InChI is InChI=1S/C13H19N3S/c1-3-7-16-13(2,11-14)6-10-17-12-4-8-15-9-5-12/h4-5,8-9,16H,3,6-7,10H2,1-2H3. The third-order valence-electron chi connectivity index (χ3n) is 2.53. The van der Waals surface area contributed by atoms with E-state index < -0.39 is 5.54 Å². The summed E-state index contributed by atoms with van der Waals surface area (Å²) in [7, 11) is 0. The van der Waals surface area contributed by atoms with Gasteiger partial charge in [-0.25, -0.2) is 0 Å². The van der Waals surface area contributed by atoms with Gasteiger partial charge >= 0.3 is 0 Å². The van der Waals surface area contributed by atoms with E-state index in [4.69, 9.17) is 0 Å². The average molecular weight is 249 g/mol. The molecule has 1 heterocycles. The lowest BCUT2D eigenvalue weighted by atomic mass is 10.0. The topological polar surface area (TPSA) is 48.7 Å². The first-order valence-electron chi connectivity index (χ1n) is 5.89. The monoisotopic (exact) mass is 249 g/mol. The molecule has 1 aromatic rings. The quantitative estimate of drug-likeness (QED) is 0.755. The Morgan fingerprint density at radius 2 is 2.18 bits per heavy atom. The van der Waals surface area contributed by atoms with Gasteiger partial charge in [-0.05, 0) is 38.4 Å². The SMILES string of the molecule is CCCNC(C)(C#N)CCSc1ccncc1. The molecular formula is C13H19N3S. The minimum atomic E-state index is -0.407. The number of hydrogen-bond acceptors (Lipinski definition) is 4. The number of pyridine rings is 1. The molecule has 17 heavy (non-hydrogen) atoms. The molecule has 3 nitrogen and oxygen atoms in total. The van der Waals surface area contributed by atoms with Crippen LogP contribution in [0, 0.1) is 11.3 Å². The van der Waals surface area contributed by atoms with E-state index in [1.54, 1.807) is 24.2 Å². The summed E-state index contributed by atoms with van der Waals surface area (Å²) >= 11 is 1.77. The summed E-state index contributed by atoms with van der Waals surface area (Å²) in [6.45, 7) is 4.97. The van der Waals surface area contributed by atoms with Crippen molar-refractivity contribution in [3.63, 3.8) is 0 Å². The summed E-state index contributed by atoms with van der Waals surface area (Å²) in [5.41, 5.74) is -0.407. The highest BCUT2D eigenvalue weighted by Crippen LogP contribution is 2.20. The molecule has 0 radical (unpaired) electrons. The van der Waals surface area contributed by atoms with Crippen molar-refractivity contribution in [3.05, 3.63) is 24.5 Å². The van der Waals surface area contributed by atoms with Crippen molar-refractivity contribution >= 4 is 11.8 Å². The summed E-state index contributed by atoms with van der Waals surface area (Å²) in [5, 5.41) is 12.5. The lowest BCUT2D eigenvalue weighted by Crippen LogP contribution is -2.41. The van der Waals surface area contributed by atoms with E-state index >= 15 is 0 Å². The predicted molar refractivity (Wildman–Crippen MR) is 71.9 cm³/mol. The zero-order valence-corrected chi connectivity index (χ0v) is 11.3. The van der Waals surface area contributed by atoms with Crippen LogP contribution in [0.25, 0.3) is 0 Å². The molecule has 1 rings (SSSR count). The summed E-state index contributed by atoms with van der Waals surface area (Å²) in [6.07, 6.45) is 5.48. The number of rotatable bonds is 7. The van der Waals surface area contributed by atoms with Gasteiger partial charge in [-0.3, -0.25) is 10.3 Å². The van der Waals surface area contributed by atoms with Crippen LogP contribution in [-0.2, 0) is 0 Å². The average Bonchev–Trinajstić information content (AvgIpc) is 2.38. The largest absolute Gasteiger partial charge is 0.300 e. The predicted octanol–water partition coefficient (Wildman–Crippen LogP) is 2.85. The Labute approximate surface area is 108 Å². The molecule has 0 amide bonds. The number of nitriles is 1. The highest BCUT2D eigenvalue weighted by atomic mass is 32.2. The van der Waals surface area contributed by atoms with Gasteiger partial charge in [0, 0.05) is 23.0 Å². The van der Waals surface area contributed by atoms with Crippen LogP contribution in [0.5, 0.6) is 0 Å². The summed E-state index contributed by atoms with van der Waals surface area (Å²) in [5.74, 6) is 0.935. The first-order valence-corrected chi connectivity index (χ1v) is 6.88. The second-order valence-electron chi connectivity index (χ2n) is 4.15. The Hall–Kier alpha value is -1.05. The van der Waals surface area contributed by atoms with Gasteiger partial charge in [-0.2, -0.15) is 5.26 Å². The van der Waals surface area contributed by atoms with Crippen LogP contribution in [-0.4, -0.2) is 22.8 Å². The summed E-state index contributed by atoms with van der Waals surface area (Å²) in [6, 6.07) is 6.35. The van der Waals surface area contributed by atoms with Crippen molar-refractivity contribution in [2.75, 3.05) is 12.3 Å². The van der Waals surface area contributed by atoms with Gasteiger partial charge in [-0.1, -0.05) is 6.92 Å². The van der Waals surface area contributed by atoms with Crippen LogP contribution < -0.4 is 5.32 Å². The third kappa shape index (κ3) is 5.20. The Morgan fingerprint density at radius 3 is 2.76 bits per heavy atom. The van der Waals surface area contributed by atoms with Crippen LogP contribution in [0.4, 0.5) is 0 Å². The normalized spacial score (nSPS) is 13.9. The zero-order valence-electron chi connectivity index (χ0n) is 10.4. The van der Waals surface area contributed by atoms with Crippen molar-refractivity contribution in [1.29, 1.82) is 5.26 Å². The minimum Gasteiger partial charge on any atom is -0.300 e. The molecule has 0 aromatic carbocycles. The number of aromatic nitrogens is 1. The molecule has 92 valence electrons. The van der Waals surface area contributed by atoms with Gasteiger partial charge in [0.15, 0.2) is 0 Å².